The maximum Gasteiger partial charge on any atom is 0.277 e. The van der Waals surface area contributed by atoms with Gasteiger partial charge in [0.25, 0.3) is 5.22 Å². The van der Waals surface area contributed by atoms with Crippen molar-refractivity contribution in [1.29, 1.82) is 0 Å². The molecule has 1 aliphatic rings. The summed E-state index contributed by atoms with van der Waals surface area (Å²) in [6.07, 6.45) is 3.48. The fraction of sp³-hybridized carbons (Fsp3) is 0.286. The Balaban J connectivity index is 1.39. The van der Waals surface area contributed by atoms with Gasteiger partial charge in [-0.05, 0) is 55.7 Å². The number of benzene rings is 2. The number of carbonyl (C=O) groups excluding carboxylic acids is 1. The second-order valence-electron chi connectivity index (χ2n) is 6.90. The predicted octanol–water partition coefficient (Wildman–Crippen LogP) is 5.76. The number of amides is 1. The molecule has 0 bridgehead atoms. The second kappa shape index (κ2) is 9.73. The van der Waals surface area contributed by atoms with Gasteiger partial charge in [-0.1, -0.05) is 41.0 Å². The van der Waals surface area contributed by atoms with E-state index < -0.39 is 0 Å². The summed E-state index contributed by atoms with van der Waals surface area (Å²) >= 11 is 13.5. The average molecular weight is 463 g/mol. The predicted molar refractivity (Wildman–Crippen MR) is 122 cm³/mol. The van der Waals surface area contributed by atoms with Crippen LogP contribution in [0.5, 0.6) is 0 Å². The maximum atomic E-state index is 12.5. The van der Waals surface area contributed by atoms with Crippen LogP contribution in [0.25, 0.3) is 11.5 Å². The van der Waals surface area contributed by atoms with Crippen LogP contribution in [0, 0.1) is 0 Å². The van der Waals surface area contributed by atoms with Gasteiger partial charge in [0.05, 0.1) is 22.2 Å². The molecule has 1 aliphatic heterocycles. The van der Waals surface area contributed by atoms with Crippen molar-refractivity contribution in [1.82, 2.24) is 10.2 Å². The highest BCUT2D eigenvalue weighted by atomic mass is 35.5. The van der Waals surface area contributed by atoms with E-state index in [4.69, 9.17) is 27.6 Å². The van der Waals surface area contributed by atoms with Crippen LogP contribution >= 0.6 is 35.0 Å². The molecule has 0 unspecified atom stereocenters. The van der Waals surface area contributed by atoms with Crippen LogP contribution in [-0.2, 0) is 4.79 Å². The molecule has 0 radical (unpaired) electrons. The summed E-state index contributed by atoms with van der Waals surface area (Å²) < 4.78 is 5.64. The van der Waals surface area contributed by atoms with Crippen molar-refractivity contribution in [3.8, 4) is 11.5 Å². The number of piperidine rings is 1. The molecule has 0 aliphatic carbocycles. The van der Waals surface area contributed by atoms with Crippen molar-refractivity contribution in [2.75, 3.05) is 29.1 Å². The monoisotopic (exact) mass is 462 g/mol. The topological polar surface area (TPSA) is 71.3 Å². The molecular formula is C21H20Cl2N4O2S. The third kappa shape index (κ3) is 5.09. The number of para-hydroxylation sites is 1. The molecule has 0 saturated carbocycles. The minimum atomic E-state index is -0.160. The molecule has 1 aromatic heterocycles. The van der Waals surface area contributed by atoms with Gasteiger partial charge in [-0.2, -0.15) is 0 Å². The van der Waals surface area contributed by atoms with Gasteiger partial charge in [-0.15, -0.1) is 10.2 Å². The van der Waals surface area contributed by atoms with E-state index in [9.17, 15) is 4.79 Å². The largest absolute Gasteiger partial charge is 0.411 e. The number of hydrogen-bond donors (Lipinski definition) is 1. The molecule has 2 heterocycles. The molecule has 2 aromatic carbocycles. The van der Waals surface area contributed by atoms with Crippen LogP contribution in [0.3, 0.4) is 0 Å². The van der Waals surface area contributed by atoms with E-state index in [0.717, 1.165) is 42.9 Å². The number of thioether (sulfide) groups is 1. The Morgan fingerprint density at radius 1 is 1.07 bits per heavy atom. The van der Waals surface area contributed by atoms with E-state index in [2.05, 4.69) is 20.4 Å². The van der Waals surface area contributed by atoms with Crippen molar-refractivity contribution in [2.24, 2.45) is 0 Å². The van der Waals surface area contributed by atoms with Crippen LogP contribution in [0.15, 0.2) is 52.1 Å². The summed E-state index contributed by atoms with van der Waals surface area (Å²) in [7, 11) is 0. The van der Waals surface area contributed by atoms with Gasteiger partial charge in [-0.25, -0.2) is 0 Å². The van der Waals surface area contributed by atoms with Gasteiger partial charge in [0.1, 0.15) is 0 Å². The Labute approximate surface area is 188 Å². The highest BCUT2D eigenvalue weighted by Gasteiger charge is 2.19. The number of nitrogens with one attached hydrogen (secondary N) is 1. The van der Waals surface area contributed by atoms with Crippen molar-refractivity contribution < 1.29 is 9.21 Å². The first-order valence-corrected chi connectivity index (χ1v) is 11.4. The Bertz CT molecular complexity index is 1020. The number of hydrogen-bond acceptors (Lipinski definition) is 6. The molecule has 1 fully saturated rings. The fourth-order valence-corrected chi connectivity index (χ4v) is 4.33. The lowest BCUT2D eigenvalue weighted by atomic mass is 10.1. The van der Waals surface area contributed by atoms with Crippen molar-refractivity contribution >= 4 is 52.2 Å². The van der Waals surface area contributed by atoms with Gasteiger partial charge in [0.15, 0.2) is 0 Å². The lowest BCUT2D eigenvalue weighted by molar-refractivity contribution is -0.113. The zero-order valence-electron chi connectivity index (χ0n) is 16.1. The summed E-state index contributed by atoms with van der Waals surface area (Å²) in [4.78, 5) is 14.8. The first-order chi connectivity index (χ1) is 14.6. The van der Waals surface area contributed by atoms with Crippen LogP contribution in [0.4, 0.5) is 11.4 Å². The minimum Gasteiger partial charge on any atom is -0.411 e. The fourth-order valence-electron chi connectivity index (χ4n) is 3.35. The van der Waals surface area contributed by atoms with E-state index in [1.54, 1.807) is 24.3 Å². The molecule has 3 aromatic rings. The van der Waals surface area contributed by atoms with Crippen molar-refractivity contribution in [3.05, 3.63) is 52.5 Å². The number of carbonyl (C=O) groups is 1. The Hall–Kier alpha value is -2.22. The number of rotatable bonds is 6. The summed E-state index contributed by atoms with van der Waals surface area (Å²) in [5, 5.41) is 12.6. The van der Waals surface area contributed by atoms with E-state index in [0.29, 0.717) is 21.2 Å². The van der Waals surface area contributed by atoms with Crippen LogP contribution in [-0.4, -0.2) is 34.9 Å². The molecule has 1 amide bonds. The Morgan fingerprint density at radius 3 is 2.60 bits per heavy atom. The summed E-state index contributed by atoms with van der Waals surface area (Å²) in [5.74, 6) is 0.373. The second-order valence-corrected chi connectivity index (χ2v) is 8.67. The molecule has 9 heteroatoms. The van der Waals surface area contributed by atoms with Crippen molar-refractivity contribution in [2.45, 2.75) is 24.5 Å². The molecule has 6 nitrogen and oxygen atoms in total. The smallest absolute Gasteiger partial charge is 0.277 e. The standard InChI is InChI=1S/C21H20Cl2N4O2S/c22-15-9-7-14(8-10-15)20-25-26-21(29-20)30-13-18(28)24-17-6-4-5-16(23)19(17)27-11-2-1-3-12-27/h4-10H,1-3,11-13H2,(H,24,28). The van der Waals surface area contributed by atoms with Gasteiger partial charge in [0.2, 0.25) is 11.8 Å². The molecule has 156 valence electrons. The zero-order chi connectivity index (χ0) is 20.9. The third-order valence-corrected chi connectivity index (χ3v) is 6.13. The minimum absolute atomic E-state index is 0.147. The van der Waals surface area contributed by atoms with E-state index >= 15 is 0 Å². The van der Waals surface area contributed by atoms with Crippen LogP contribution in [0.1, 0.15) is 19.3 Å². The van der Waals surface area contributed by atoms with Gasteiger partial charge >= 0.3 is 0 Å². The molecule has 0 spiro atoms. The first-order valence-electron chi connectivity index (χ1n) is 9.66. The number of anilines is 2. The summed E-state index contributed by atoms with van der Waals surface area (Å²) in [5.41, 5.74) is 2.38. The Kier molecular flexibility index (Phi) is 6.82. The molecule has 1 saturated heterocycles. The maximum absolute atomic E-state index is 12.5. The summed E-state index contributed by atoms with van der Waals surface area (Å²) in [6.45, 7) is 1.88. The quantitative estimate of drug-likeness (QED) is 0.469. The van der Waals surface area contributed by atoms with Gasteiger partial charge in [0, 0.05) is 23.7 Å². The third-order valence-electron chi connectivity index (χ3n) is 4.76. The van der Waals surface area contributed by atoms with Gasteiger partial charge < -0.3 is 14.6 Å². The molecule has 0 atom stereocenters. The molecule has 4 rings (SSSR count). The highest BCUT2D eigenvalue weighted by molar-refractivity contribution is 7.99. The van der Waals surface area contributed by atoms with Crippen LogP contribution in [0.2, 0.25) is 10.0 Å². The highest BCUT2D eigenvalue weighted by Crippen LogP contribution is 2.35. The van der Waals surface area contributed by atoms with Crippen LogP contribution < -0.4 is 10.2 Å². The van der Waals surface area contributed by atoms with E-state index in [1.807, 2.05) is 18.2 Å². The average Bonchev–Trinajstić information content (AvgIpc) is 3.23. The first kappa shape index (κ1) is 21.0. The van der Waals surface area contributed by atoms with Gasteiger partial charge in [-0.3, -0.25) is 4.79 Å². The Morgan fingerprint density at radius 2 is 1.83 bits per heavy atom. The number of halogens is 2. The number of nitrogens with zero attached hydrogens (tertiary/aromatic N) is 3. The molecule has 1 N–H and O–H groups in total. The molecular weight excluding hydrogens is 443 g/mol. The normalized spacial score (nSPS) is 14.0. The van der Waals surface area contributed by atoms with E-state index in [1.165, 1.54) is 18.2 Å². The lowest BCUT2D eigenvalue weighted by Gasteiger charge is -2.31. The lowest BCUT2D eigenvalue weighted by Crippen LogP contribution is -2.30. The SMILES string of the molecule is O=C(CSc1nnc(-c2ccc(Cl)cc2)o1)Nc1cccc(Cl)c1N1CCCCC1. The number of aromatic nitrogens is 2. The van der Waals surface area contributed by atoms with E-state index in [-0.39, 0.29) is 11.7 Å². The zero-order valence-corrected chi connectivity index (χ0v) is 18.4. The summed E-state index contributed by atoms with van der Waals surface area (Å²) in [6, 6.07) is 12.7. The van der Waals surface area contributed by atoms with Crippen molar-refractivity contribution in [3.63, 3.8) is 0 Å². The molecule has 30 heavy (non-hydrogen) atoms.